The average molecular weight is 296 g/mol. The molecule has 2 rings (SSSR count). The van der Waals surface area contributed by atoms with E-state index in [0.29, 0.717) is 25.0 Å². The molecule has 1 aliphatic heterocycles. The summed E-state index contributed by atoms with van der Waals surface area (Å²) in [5.74, 6) is -1.73. The highest BCUT2D eigenvalue weighted by atomic mass is 19.2. The lowest BCUT2D eigenvalue weighted by atomic mass is 9.89. The molecule has 0 aliphatic carbocycles. The van der Waals surface area contributed by atoms with Gasteiger partial charge in [-0.2, -0.15) is 0 Å². The van der Waals surface area contributed by atoms with Crippen molar-refractivity contribution in [2.75, 3.05) is 19.6 Å². The van der Waals surface area contributed by atoms with Crippen LogP contribution in [0.5, 0.6) is 0 Å². The molecule has 0 bridgehead atoms. The van der Waals surface area contributed by atoms with Gasteiger partial charge in [-0.3, -0.25) is 4.79 Å². The highest BCUT2D eigenvalue weighted by Crippen LogP contribution is 2.22. The summed E-state index contributed by atoms with van der Waals surface area (Å²) in [6.45, 7) is 6.41. The Labute approximate surface area is 124 Å². The fraction of sp³-hybridized carbons (Fsp3) is 0.562. The third-order valence-corrected chi connectivity index (χ3v) is 4.18. The molecule has 0 saturated carbocycles. The van der Waals surface area contributed by atoms with E-state index in [9.17, 15) is 13.6 Å². The molecular weight excluding hydrogens is 274 g/mol. The summed E-state index contributed by atoms with van der Waals surface area (Å²) >= 11 is 0. The van der Waals surface area contributed by atoms with Gasteiger partial charge in [0.25, 0.3) is 5.91 Å². The van der Waals surface area contributed by atoms with Crippen LogP contribution >= 0.6 is 0 Å². The second-order valence-corrected chi connectivity index (χ2v) is 5.50. The molecule has 3 nitrogen and oxygen atoms in total. The van der Waals surface area contributed by atoms with Crippen LogP contribution in [0, 0.1) is 17.6 Å². The molecule has 1 amide bonds. The van der Waals surface area contributed by atoms with Crippen molar-refractivity contribution in [1.29, 1.82) is 0 Å². The van der Waals surface area contributed by atoms with Crippen LogP contribution in [0.2, 0.25) is 0 Å². The van der Waals surface area contributed by atoms with Crippen molar-refractivity contribution in [1.82, 2.24) is 10.2 Å². The summed E-state index contributed by atoms with van der Waals surface area (Å²) in [4.78, 5) is 14.2. The summed E-state index contributed by atoms with van der Waals surface area (Å²) in [5.41, 5.74) is 0.214. The molecule has 21 heavy (non-hydrogen) atoms. The Kier molecular flexibility index (Phi) is 5.28. The molecule has 0 spiro atoms. The molecule has 1 aromatic rings. The maximum absolute atomic E-state index is 13.3. The fourth-order valence-corrected chi connectivity index (χ4v) is 2.97. The van der Waals surface area contributed by atoms with E-state index in [1.54, 1.807) is 4.90 Å². The summed E-state index contributed by atoms with van der Waals surface area (Å²) in [6.07, 6.45) is 1.88. The average Bonchev–Trinajstić information content (AvgIpc) is 2.50. The Hall–Kier alpha value is -1.49. The molecule has 5 heteroatoms. The number of piperidine rings is 1. The third kappa shape index (κ3) is 3.59. The molecule has 1 aliphatic rings. The predicted octanol–water partition coefficient (Wildman–Crippen LogP) is 2.82. The summed E-state index contributed by atoms with van der Waals surface area (Å²) < 4.78 is 26.2. The van der Waals surface area contributed by atoms with Crippen molar-refractivity contribution >= 4 is 5.91 Å². The first kappa shape index (κ1) is 15.9. The number of carbonyl (C=O) groups excluding carboxylic acids is 1. The van der Waals surface area contributed by atoms with Gasteiger partial charge in [-0.15, -0.1) is 0 Å². The quantitative estimate of drug-likeness (QED) is 0.926. The van der Waals surface area contributed by atoms with Gasteiger partial charge in [-0.25, -0.2) is 8.78 Å². The van der Waals surface area contributed by atoms with Crippen LogP contribution in [0.3, 0.4) is 0 Å². The van der Waals surface area contributed by atoms with Crippen LogP contribution in [0.1, 0.15) is 37.0 Å². The first-order valence-electron chi connectivity index (χ1n) is 7.54. The largest absolute Gasteiger partial charge is 0.338 e. The number of rotatable bonds is 4. The van der Waals surface area contributed by atoms with Crippen LogP contribution in [0.25, 0.3) is 0 Å². The van der Waals surface area contributed by atoms with E-state index in [1.165, 1.54) is 6.07 Å². The van der Waals surface area contributed by atoms with Gasteiger partial charge in [0.2, 0.25) is 0 Å². The van der Waals surface area contributed by atoms with Gasteiger partial charge >= 0.3 is 0 Å². The van der Waals surface area contributed by atoms with E-state index in [-0.39, 0.29) is 11.5 Å². The normalized spacial score (nSPS) is 22.4. The Balaban J connectivity index is 2.08. The summed E-state index contributed by atoms with van der Waals surface area (Å²) in [5, 5.41) is 3.45. The molecular formula is C16H22F2N2O. The Bertz CT molecular complexity index is 507. The van der Waals surface area contributed by atoms with Crippen molar-refractivity contribution in [2.24, 2.45) is 5.92 Å². The number of nitrogens with one attached hydrogen (secondary N) is 1. The lowest BCUT2D eigenvalue weighted by Crippen LogP contribution is -2.50. The highest BCUT2D eigenvalue weighted by Gasteiger charge is 2.30. The van der Waals surface area contributed by atoms with Crippen molar-refractivity contribution < 1.29 is 13.6 Å². The highest BCUT2D eigenvalue weighted by molar-refractivity contribution is 5.94. The number of hydrogen-bond donors (Lipinski definition) is 1. The Morgan fingerprint density at radius 2 is 2.10 bits per heavy atom. The van der Waals surface area contributed by atoms with E-state index >= 15 is 0 Å². The molecule has 1 heterocycles. The van der Waals surface area contributed by atoms with Crippen LogP contribution in [0.15, 0.2) is 18.2 Å². The van der Waals surface area contributed by atoms with Crippen molar-refractivity contribution in [2.45, 2.75) is 32.7 Å². The van der Waals surface area contributed by atoms with Crippen LogP contribution in [-0.4, -0.2) is 36.5 Å². The first-order chi connectivity index (χ1) is 10.1. The number of likely N-dealkylation sites (tertiary alicyclic amines) is 1. The zero-order valence-electron chi connectivity index (χ0n) is 12.5. The molecule has 116 valence electrons. The zero-order chi connectivity index (χ0) is 15.4. The van der Waals surface area contributed by atoms with Crippen LogP contribution < -0.4 is 5.32 Å². The van der Waals surface area contributed by atoms with E-state index in [0.717, 1.165) is 31.5 Å². The van der Waals surface area contributed by atoms with Gasteiger partial charge in [-0.05, 0) is 37.1 Å². The number of nitrogens with zero attached hydrogens (tertiary/aromatic N) is 1. The summed E-state index contributed by atoms with van der Waals surface area (Å²) in [6, 6.07) is 3.76. The van der Waals surface area contributed by atoms with Gasteiger partial charge in [0.05, 0.1) is 0 Å². The molecule has 1 N–H and O–H groups in total. The van der Waals surface area contributed by atoms with Gasteiger partial charge in [0, 0.05) is 24.7 Å². The molecule has 1 fully saturated rings. The number of benzene rings is 1. The van der Waals surface area contributed by atoms with E-state index < -0.39 is 11.6 Å². The standard InChI is InChI=1S/C16H22F2N2O/c1-3-11-10-20(8-7-15(11)19-4-2)16(21)12-5-6-13(17)14(18)9-12/h5-6,9,11,15,19H,3-4,7-8,10H2,1-2H3. The van der Waals surface area contributed by atoms with Crippen molar-refractivity contribution in [3.63, 3.8) is 0 Å². The number of amides is 1. The Morgan fingerprint density at radius 1 is 1.33 bits per heavy atom. The smallest absolute Gasteiger partial charge is 0.253 e. The van der Waals surface area contributed by atoms with Crippen LogP contribution in [0.4, 0.5) is 8.78 Å². The SMILES string of the molecule is CCNC1CCN(C(=O)c2ccc(F)c(F)c2)CC1CC. The van der Waals surface area contributed by atoms with E-state index in [1.807, 2.05) is 0 Å². The number of carbonyl (C=O) groups is 1. The minimum absolute atomic E-state index is 0.214. The molecule has 1 aromatic carbocycles. The third-order valence-electron chi connectivity index (χ3n) is 4.18. The van der Waals surface area contributed by atoms with Gasteiger partial charge < -0.3 is 10.2 Å². The van der Waals surface area contributed by atoms with E-state index in [2.05, 4.69) is 19.2 Å². The number of hydrogen-bond acceptors (Lipinski definition) is 2. The number of halogens is 2. The Morgan fingerprint density at radius 3 is 2.71 bits per heavy atom. The second kappa shape index (κ2) is 6.98. The first-order valence-corrected chi connectivity index (χ1v) is 7.54. The fourth-order valence-electron chi connectivity index (χ4n) is 2.97. The van der Waals surface area contributed by atoms with Crippen molar-refractivity contribution in [3.8, 4) is 0 Å². The maximum Gasteiger partial charge on any atom is 0.253 e. The lowest BCUT2D eigenvalue weighted by Gasteiger charge is -2.38. The van der Waals surface area contributed by atoms with Crippen molar-refractivity contribution in [3.05, 3.63) is 35.4 Å². The van der Waals surface area contributed by atoms with Gasteiger partial charge in [-0.1, -0.05) is 20.3 Å². The van der Waals surface area contributed by atoms with Gasteiger partial charge in [0.1, 0.15) is 0 Å². The van der Waals surface area contributed by atoms with Gasteiger partial charge in [0.15, 0.2) is 11.6 Å². The maximum atomic E-state index is 13.3. The minimum Gasteiger partial charge on any atom is -0.338 e. The van der Waals surface area contributed by atoms with Crippen LogP contribution in [-0.2, 0) is 0 Å². The lowest BCUT2D eigenvalue weighted by molar-refractivity contribution is 0.0627. The second-order valence-electron chi connectivity index (χ2n) is 5.50. The predicted molar refractivity (Wildman–Crippen MR) is 78.1 cm³/mol. The zero-order valence-corrected chi connectivity index (χ0v) is 12.5. The van der Waals surface area contributed by atoms with E-state index in [4.69, 9.17) is 0 Å². The topological polar surface area (TPSA) is 32.3 Å². The monoisotopic (exact) mass is 296 g/mol. The molecule has 0 radical (unpaired) electrons. The summed E-state index contributed by atoms with van der Waals surface area (Å²) in [7, 11) is 0. The minimum atomic E-state index is -0.976. The molecule has 2 atom stereocenters. The molecule has 0 aromatic heterocycles. The molecule has 2 unspecified atom stereocenters. The molecule has 1 saturated heterocycles.